The molecule has 36 heavy (non-hydrogen) atoms. The van der Waals surface area contributed by atoms with Gasteiger partial charge in [-0.1, -0.05) is 47.1 Å². The number of carbonyl (C=O) groups excluding carboxylic acids is 1. The quantitative estimate of drug-likeness (QED) is 0.405. The molecule has 1 fully saturated rings. The maximum atomic E-state index is 13.7. The molecule has 6 rings (SSSR count). The van der Waals surface area contributed by atoms with Gasteiger partial charge < -0.3 is 20.1 Å². The van der Waals surface area contributed by atoms with Gasteiger partial charge in [-0.15, -0.1) is 12.4 Å². The van der Waals surface area contributed by atoms with E-state index in [1.807, 2.05) is 41.0 Å². The van der Waals surface area contributed by atoms with Gasteiger partial charge in [-0.2, -0.15) is 0 Å². The Kier molecular flexibility index (Phi) is 6.35. The molecule has 1 saturated carbocycles. The Morgan fingerprint density at radius 1 is 1.14 bits per heavy atom. The predicted molar refractivity (Wildman–Crippen MR) is 143 cm³/mol. The Morgan fingerprint density at radius 2 is 1.86 bits per heavy atom. The second kappa shape index (κ2) is 9.21. The number of rotatable bonds is 3. The lowest BCUT2D eigenvalue weighted by Crippen LogP contribution is -2.57. The molecule has 2 aliphatic rings. The van der Waals surface area contributed by atoms with Gasteiger partial charge in [0.15, 0.2) is 0 Å². The molecule has 9 heteroatoms. The van der Waals surface area contributed by atoms with Crippen LogP contribution < -0.4 is 16.6 Å². The molecule has 0 saturated heterocycles. The number of aryl methyl sites for hydroxylation is 1. The Hall–Kier alpha value is -2.87. The van der Waals surface area contributed by atoms with Crippen molar-refractivity contribution in [3.63, 3.8) is 0 Å². The highest BCUT2D eigenvalue weighted by atomic mass is 35.5. The van der Waals surface area contributed by atoms with Crippen LogP contribution in [0.15, 0.2) is 51.8 Å². The molecule has 0 bridgehead atoms. The van der Waals surface area contributed by atoms with Gasteiger partial charge in [-0.3, -0.25) is 9.59 Å². The van der Waals surface area contributed by atoms with Crippen molar-refractivity contribution >= 4 is 51.7 Å². The zero-order valence-corrected chi connectivity index (χ0v) is 21.5. The summed E-state index contributed by atoms with van der Waals surface area (Å²) in [6, 6.07) is 13.4. The van der Waals surface area contributed by atoms with Gasteiger partial charge in [0, 0.05) is 17.5 Å². The third-order valence-electron chi connectivity index (χ3n) is 7.71. The highest BCUT2D eigenvalue weighted by Gasteiger charge is 2.41. The molecule has 2 atom stereocenters. The van der Waals surface area contributed by atoms with E-state index in [-0.39, 0.29) is 36.0 Å². The first-order chi connectivity index (χ1) is 16.9. The number of hydrogen-bond acceptors (Lipinski definition) is 5. The van der Waals surface area contributed by atoms with E-state index in [0.717, 1.165) is 41.3 Å². The fourth-order valence-corrected chi connectivity index (χ4v) is 6.26. The summed E-state index contributed by atoms with van der Waals surface area (Å²) in [5.41, 5.74) is 9.04. The maximum absolute atomic E-state index is 13.7. The molecular formula is C27H28Cl2N4O3. The lowest BCUT2D eigenvalue weighted by Gasteiger charge is -2.34. The molecule has 7 nitrogen and oxygen atoms in total. The molecule has 188 valence electrons. The molecule has 0 radical (unpaired) electrons. The second-order valence-electron chi connectivity index (χ2n) is 10.0. The lowest BCUT2D eigenvalue weighted by molar-refractivity contribution is -0.127. The zero-order valence-electron chi connectivity index (χ0n) is 19.9. The molecule has 2 aromatic heterocycles. The largest absolute Gasteiger partial charge is 0.360 e. The Morgan fingerprint density at radius 3 is 2.58 bits per heavy atom. The first-order valence-corrected chi connectivity index (χ1v) is 12.5. The summed E-state index contributed by atoms with van der Waals surface area (Å²) in [5.74, 6) is 0.358. The van der Waals surface area contributed by atoms with E-state index in [2.05, 4.69) is 10.5 Å². The smallest absolute Gasteiger partial charge is 0.264 e. The molecule has 2 aromatic carbocycles. The molecular weight excluding hydrogens is 499 g/mol. The fraction of sp³-hybridized carbons (Fsp3) is 0.370. The van der Waals surface area contributed by atoms with Gasteiger partial charge in [-0.05, 0) is 68.7 Å². The minimum Gasteiger partial charge on any atom is -0.360 e. The Balaban J connectivity index is 0.00000267. The molecule has 0 aliphatic heterocycles. The topological polar surface area (TPSA) is 103 Å². The number of halogens is 2. The van der Waals surface area contributed by atoms with Crippen molar-refractivity contribution in [2.24, 2.45) is 5.73 Å². The number of benzene rings is 2. The van der Waals surface area contributed by atoms with Gasteiger partial charge in [0.05, 0.1) is 10.5 Å². The summed E-state index contributed by atoms with van der Waals surface area (Å²) in [5, 5.41) is 9.06. The second-order valence-corrected chi connectivity index (χ2v) is 10.4. The van der Waals surface area contributed by atoms with Crippen molar-refractivity contribution in [1.29, 1.82) is 0 Å². The van der Waals surface area contributed by atoms with Gasteiger partial charge in [-0.25, -0.2) is 0 Å². The van der Waals surface area contributed by atoms with E-state index in [4.69, 9.17) is 21.9 Å². The lowest BCUT2D eigenvalue weighted by atomic mass is 9.88. The van der Waals surface area contributed by atoms with Crippen LogP contribution in [-0.4, -0.2) is 27.2 Å². The first-order valence-electron chi connectivity index (χ1n) is 12.1. The molecule has 2 unspecified atom stereocenters. The summed E-state index contributed by atoms with van der Waals surface area (Å²) >= 11 is 6.56. The van der Waals surface area contributed by atoms with Gasteiger partial charge in [0.2, 0.25) is 5.91 Å². The molecule has 0 spiro atoms. The molecule has 2 heterocycles. The number of aromatic nitrogens is 2. The van der Waals surface area contributed by atoms with Crippen molar-refractivity contribution in [2.75, 3.05) is 0 Å². The van der Waals surface area contributed by atoms with Crippen LogP contribution in [0.3, 0.4) is 0 Å². The summed E-state index contributed by atoms with van der Waals surface area (Å²) in [6.45, 7) is 1.74. The van der Waals surface area contributed by atoms with E-state index >= 15 is 0 Å². The molecule has 3 N–H and O–H groups in total. The number of fused-ring (bicyclic) bond motifs is 4. The van der Waals surface area contributed by atoms with Gasteiger partial charge in [0.25, 0.3) is 5.56 Å². The number of nitrogens with two attached hydrogens (primary N) is 1. The van der Waals surface area contributed by atoms with Crippen molar-refractivity contribution in [3.8, 4) is 0 Å². The zero-order chi connectivity index (χ0) is 24.3. The monoisotopic (exact) mass is 526 g/mol. The van der Waals surface area contributed by atoms with E-state index in [1.54, 1.807) is 13.0 Å². The summed E-state index contributed by atoms with van der Waals surface area (Å²) in [6.07, 6.45) is 4.30. The summed E-state index contributed by atoms with van der Waals surface area (Å²) < 4.78 is 7.21. The number of nitrogens with one attached hydrogen (secondary N) is 1. The van der Waals surface area contributed by atoms with Crippen LogP contribution in [-0.2, 0) is 17.6 Å². The third-order valence-corrected chi connectivity index (χ3v) is 8.03. The van der Waals surface area contributed by atoms with Crippen molar-refractivity contribution < 1.29 is 9.32 Å². The van der Waals surface area contributed by atoms with E-state index in [1.165, 1.54) is 0 Å². The summed E-state index contributed by atoms with van der Waals surface area (Å²) in [4.78, 5) is 27.0. The number of pyridine rings is 1. The minimum atomic E-state index is -0.938. The number of amides is 1. The minimum absolute atomic E-state index is 0. The molecule has 2 aliphatic carbocycles. The van der Waals surface area contributed by atoms with Crippen molar-refractivity contribution in [3.05, 3.63) is 74.7 Å². The van der Waals surface area contributed by atoms with Crippen molar-refractivity contribution in [2.45, 2.75) is 63.1 Å². The Labute approximate surface area is 219 Å². The van der Waals surface area contributed by atoms with E-state index < -0.39 is 5.54 Å². The highest BCUT2D eigenvalue weighted by Crippen LogP contribution is 2.36. The van der Waals surface area contributed by atoms with Crippen molar-refractivity contribution in [1.82, 2.24) is 15.0 Å². The van der Waals surface area contributed by atoms with Gasteiger partial charge >= 0.3 is 0 Å². The highest BCUT2D eigenvalue weighted by molar-refractivity contribution is 6.37. The van der Waals surface area contributed by atoms with Crippen LogP contribution in [0, 0.1) is 6.92 Å². The van der Waals surface area contributed by atoms with Crippen LogP contribution >= 0.6 is 24.0 Å². The number of carbonyl (C=O) groups is 1. The molecule has 1 amide bonds. The van der Waals surface area contributed by atoms with Crippen LogP contribution in [0.1, 0.15) is 48.6 Å². The Bertz CT molecular complexity index is 1520. The van der Waals surface area contributed by atoms with Crippen LogP contribution in [0.25, 0.3) is 21.8 Å². The average molecular weight is 527 g/mol. The van der Waals surface area contributed by atoms with E-state index in [0.29, 0.717) is 40.9 Å². The maximum Gasteiger partial charge on any atom is 0.264 e. The van der Waals surface area contributed by atoms with Crippen LogP contribution in [0.5, 0.6) is 0 Å². The summed E-state index contributed by atoms with van der Waals surface area (Å²) in [7, 11) is 0. The van der Waals surface area contributed by atoms with E-state index in [9.17, 15) is 9.59 Å². The van der Waals surface area contributed by atoms with Crippen LogP contribution in [0.4, 0.5) is 0 Å². The fourth-order valence-electron chi connectivity index (χ4n) is 6.00. The average Bonchev–Trinajstić information content (AvgIpc) is 3.40. The van der Waals surface area contributed by atoms with Crippen LogP contribution in [0.2, 0.25) is 5.02 Å². The molecule has 4 aromatic rings. The number of hydrogen-bond donors (Lipinski definition) is 2. The first kappa shape index (κ1) is 24.8. The third kappa shape index (κ3) is 3.90. The SMILES string of the molecule is Cc1onc2c1c(=O)n(C1CCCC(NC(=O)C3(N)Cc4ccccc4C3)C1)c1cccc(Cl)c21.Cl. The normalized spacial score (nSPS) is 20.8. The van der Waals surface area contributed by atoms with Gasteiger partial charge in [0.1, 0.15) is 22.2 Å². The standard InChI is InChI=1S/C27H27ClN4O3.ClH/c1-15-22-24(31-35-15)23-20(28)10-5-11-21(23)32(25(22)33)19-9-4-8-18(12-19)30-26(34)27(29)13-16-6-2-3-7-17(16)14-27;/h2-3,5-7,10-11,18-19H,4,8-9,12-14,29H2,1H3,(H,30,34);1H. The number of nitrogens with zero attached hydrogens (tertiary/aromatic N) is 2. The predicted octanol–water partition coefficient (Wildman–Crippen LogP) is 4.62.